The Morgan fingerprint density at radius 3 is 2.34 bits per heavy atom. The molecule has 0 bridgehead atoms. The third kappa shape index (κ3) is 6.32. The topological polar surface area (TPSA) is 107 Å². The van der Waals surface area contributed by atoms with E-state index in [1.807, 2.05) is 67.7 Å². The van der Waals surface area contributed by atoms with E-state index in [0.717, 1.165) is 33.6 Å². The first-order valence-corrected chi connectivity index (χ1v) is 12.6. The van der Waals surface area contributed by atoms with Crippen molar-refractivity contribution < 1.29 is 13.2 Å². The molecule has 0 aliphatic rings. The van der Waals surface area contributed by atoms with E-state index >= 15 is 0 Å². The highest BCUT2D eigenvalue weighted by atomic mass is 32.2. The predicted molar refractivity (Wildman–Crippen MR) is 137 cm³/mol. The van der Waals surface area contributed by atoms with Crippen LogP contribution in [0.2, 0.25) is 0 Å². The van der Waals surface area contributed by atoms with Crippen molar-refractivity contribution in [2.75, 3.05) is 6.54 Å². The number of benzene rings is 3. The molecule has 0 radical (unpaired) electrons. The number of sulfonamides is 1. The summed E-state index contributed by atoms with van der Waals surface area (Å²) in [7, 11) is -3.71. The summed E-state index contributed by atoms with van der Waals surface area (Å²) in [5.41, 5.74) is 5.56. The second-order valence-electron chi connectivity index (χ2n) is 8.14. The van der Waals surface area contributed by atoms with Gasteiger partial charge >= 0.3 is 0 Å². The highest BCUT2D eigenvalue weighted by Gasteiger charge is 2.11. The van der Waals surface area contributed by atoms with E-state index in [-0.39, 0.29) is 10.8 Å². The highest BCUT2D eigenvalue weighted by Crippen LogP contribution is 2.25. The Bertz CT molecular complexity index is 1440. The minimum absolute atomic E-state index is 0.0636. The lowest BCUT2D eigenvalue weighted by Crippen LogP contribution is -2.23. The Hall–Kier alpha value is -4.01. The number of amides is 1. The van der Waals surface area contributed by atoms with Gasteiger partial charge in [-0.1, -0.05) is 60.2 Å². The Kier molecular flexibility index (Phi) is 7.24. The molecule has 1 amide bonds. The molecular formula is C27H26N4O3S. The van der Waals surface area contributed by atoms with Crippen molar-refractivity contribution in [2.24, 2.45) is 5.14 Å². The maximum absolute atomic E-state index is 12.4. The first-order valence-electron chi connectivity index (χ1n) is 11.1. The number of aromatic nitrogens is 2. The molecule has 3 aromatic carbocycles. The highest BCUT2D eigenvalue weighted by molar-refractivity contribution is 7.89. The molecule has 0 fully saturated rings. The van der Waals surface area contributed by atoms with Gasteiger partial charge in [0.05, 0.1) is 16.3 Å². The summed E-state index contributed by atoms with van der Waals surface area (Å²) >= 11 is 0. The van der Waals surface area contributed by atoms with Crippen LogP contribution in [0.1, 0.15) is 16.7 Å². The Morgan fingerprint density at radius 2 is 1.69 bits per heavy atom. The quantitative estimate of drug-likeness (QED) is 0.369. The number of nitrogens with one attached hydrogen (secondary N) is 1. The van der Waals surface area contributed by atoms with Crippen LogP contribution in [0.3, 0.4) is 0 Å². The minimum atomic E-state index is -3.71. The number of aryl methyl sites for hydroxylation is 1. The molecule has 0 saturated carbocycles. The maximum Gasteiger partial charge on any atom is 0.244 e. The molecule has 7 nitrogen and oxygen atoms in total. The van der Waals surface area contributed by atoms with Crippen LogP contribution in [0.5, 0.6) is 0 Å². The zero-order valence-electron chi connectivity index (χ0n) is 19.3. The molecule has 4 aromatic rings. The van der Waals surface area contributed by atoms with E-state index in [1.165, 1.54) is 18.2 Å². The molecule has 8 heteroatoms. The molecule has 0 saturated heterocycles. The summed E-state index contributed by atoms with van der Waals surface area (Å²) in [5.74, 6) is -0.228. The number of nitrogens with zero attached hydrogens (tertiary/aromatic N) is 2. The lowest BCUT2D eigenvalue weighted by atomic mass is 10.1. The molecule has 0 aliphatic carbocycles. The van der Waals surface area contributed by atoms with Gasteiger partial charge < -0.3 is 5.32 Å². The SMILES string of the molecule is Cc1ccc(-c2nn(-c3ccccc3)cc2C=CC(=O)NCCc2ccc(S(N)(=O)=O)cc2)cc1. The molecule has 35 heavy (non-hydrogen) atoms. The molecule has 3 N–H and O–H groups in total. The number of carbonyl (C=O) groups excluding carboxylic acids is 1. The van der Waals surface area contributed by atoms with Gasteiger partial charge in [0.2, 0.25) is 15.9 Å². The molecule has 0 unspecified atom stereocenters. The number of primary sulfonamides is 1. The van der Waals surface area contributed by atoms with E-state index in [0.29, 0.717) is 13.0 Å². The van der Waals surface area contributed by atoms with Crippen LogP contribution in [0, 0.1) is 6.92 Å². The van der Waals surface area contributed by atoms with Gasteiger partial charge in [0, 0.05) is 29.9 Å². The maximum atomic E-state index is 12.4. The fourth-order valence-corrected chi connectivity index (χ4v) is 4.07. The van der Waals surface area contributed by atoms with Crippen molar-refractivity contribution in [1.29, 1.82) is 0 Å². The third-order valence-corrected chi connectivity index (χ3v) is 6.40. The summed E-state index contributed by atoms with van der Waals surface area (Å²) in [6.07, 6.45) is 5.72. The van der Waals surface area contributed by atoms with Crippen LogP contribution in [0.4, 0.5) is 0 Å². The second kappa shape index (κ2) is 10.5. The predicted octanol–water partition coefficient (Wildman–Crippen LogP) is 3.87. The lowest BCUT2D eigenvalue weighted by molar-refractivity contribution is -0.116. The van der Waals surface area contributed by atoms with Crippen LogP contribution >= 0.6 is 0 Å². The number of hydrogen-bond acceptors (Lipinski definition) is 4. The van der Waals surface area contributed by atoms with E-state index in [2.05, 4.69) is 5.32 Å². The van der Waals surface area contributed by atoms with E-state index < -0.39 is 10.0 Å². The molecular weight excluding hydrogens is 460 g/mol. The monoisotopic (exact) mass is 486 g/mol. The lowest BCUT2D eigenvalue weighted by Gasteiger charge is -2.04. The van der Waals surface area contributed by atoms with Gasteiger partial charge in [-0.2, -0.15) is 5.10 Å². The van der Waals surface area contributed by atoms with Gasteiger partial charge in [-0.25, -0.2) is 18.2 Å². The molecule has 1 heterocycles. The summed E-state index contributed by atoms with van der Waals surface area (Å²) in [6, 6.07) is 24.2. The summed E-state index contributed by atoms with van der Waals surface area (Å²) < 4.78 is 24.5. The smallest absolute Gasteiger partial charge is 0.244 e. The first kappa shape index (κ1) is 24.1. The number of nitrogens with two attached hydrogens (primary N) is 1. The molecule has 0 spiro atoms. The standard InChI is InChI=1S/C27H26N4O3S/c1-20-7-11-22(12-8-20)27-23(19-31(30-27)24-5-3-2-4-6-24)13-16-26(32)29-18-17-21-9-14-25(15-10-21)35(28,33)34/h2-16,19H,17-18H2,1H3,(H,29,32)(H2,28,33,34). The zero-order valence-corrected chi connectivity index (χ0v) is 20.1. The van der Waals surface area contributed by atoms with Crippen molar-refractivity contribution in [3.63, 3.8) is 0 Å². The van der Waals surface area contributed by atoms with Crippen LogP contribution in [-0.2, 0) is 21.2 Å². The summed E-state index contributed by atoms with van der Waals surface area (Å²) in [6.45, 7) is 2.44. The van der Waals surface area contributed by atoms with Gasteiger partial charge in [-0.3, -0.25) is 4.79 Å². The second-order valence-corrected chi connectivity index (χ2v) is 9.70. The van der Waals surface area contributed by atoms with Crippen LogP contribution in [0.25, 0.3) is 23.0 Å². The summed E-state index contributed by atoms with van der Waals surface area (Å²) in [5, 5.41) is 12.7. The fraction of sp³-hybridized carbons (Fsp3) is 0.111. The average molecular weight is 487 g/mol. The van der Waals surface area contributed by atoms with E-state index in [1.54, 1.807) is 22.9 Å². The van der Waals surface area contributed by atoms with Crippen LogP contribution < -0.4 is 10.5 Å². The Balaban J connectivity index is 1.45. The first-order chi connectivity index (χ1) is 16.8. The number of carbonyl (C=O) groups is 1. The van der Waals surface area contributed by atoms with Crippen molar-refractivity contribution >= 4 is 22.0 Å². The number of hydrogen-bond donors (Lipinski definition) is 2. The van der Waals surface area contributed by atoms with Crippen molar-refractivity contribution in [1.82, 2.24) is 15.1 Å². The number of rotatable bonds is 8. The van der Waals surface area contributed by atoms with E-state index in [4.69, 9.17) is 10.2 Å². The molecule has 0 atom stereocenters. The average Bonchev–Trinajstić information content (AvgIpc) is 3.28. The minimum Gasteiger partial charge on any atom is -0.352 e. The van der Waals surface area contributed by atoms with Gasteiger partial charge in [-0.15, -0.1) is 0 Å². The fourth-order valence-electron chi connectivity index (χ4n) is 3.56. The molecule has 178 valence electrons. The van der Waals surface area contributed by atoms with Gasteiger partial charge in [0.1, 0.15) is 0 Å². The zero-order chi connectivity index (χ0) is 24.8. The van der Waals surface area contributed by atoms with Crippen LogP contribution in [0.15, 0.2) is 96.0 Å². The van der Waals surface area contributed by atoms with Crippen molar-refractivity contribution in [2.45, 2.75) is 18.2 Å². The van der Waals surface area contributed by atoms with Gasteiger partial charge in [0.25, 0.3) is 0 Å². The molecule has 1 aromatic heterocycles. The largest absolute Gasteiger partial charge is 0.352 e. The van der Waals surface area contributed by atoms with Crippen LogP contribution in [-0.4, -0.2) is 30.7 Å². The molecule has 4 rings (SSSR count). The summed E-state index contributed by atoms with van der Waals surface area (Å²) in [4.78, 5) is 12.5. The van der Waals surface area contributed by atoms with Gasteiger partial charge in [-0.05, 0) is 49.2 Å². The number of para-hydroxylation sites is 1. The van der Waals surface area contributed by atoms with Gasteiger partial charge in [0.15, 0.2) is 0 Å². The van der Waals surface area contributed by atoms with Crippen molar-refractivity contribution in [3.05, 3.63) is 108 Å². The Morgan fingerprint density at radius 1 is 1.00 bits per heavy atom. The normalized spacial score (nSPS) is 11.6. The molecule has 0 aliphatic heterocycles. The third-order valence-electron chi connectivity index (χ3n) is 5.47. The van der Waals surface area contributed by atoms with Crippen molar-refractivity contribution in [3.8, 4) is 16.9 Å². The Labute approximate surface area is 205 Å². The van der Waals surface area contributed by atoms with E-state index in [9.17, 15) is 13.2 Å².